The minimum atomic E-state index is -0.331. The number of hydrogen-bond acceptors (Lipinski definition) is 6. The first-order chi connectivity index (χ1) is 27.8. The lowest BCUT2D eigenvalue weighted by atomic mass is 10.0. The Hall–Kier alpha value is -6.21. The fourth-order valence-corrected chi connectivity index (χ4v) is 9.18. The molecule has 0 saturated carbocycles. The summed E-state index contributed by atoms with van der Waals surface area (Å²) in [5, 5.41) is 4.42. The summed E-state index contributed by atoms with van der Waals surface area (Å²) in [6, 6.07) is 35.9. The van der Waals surface area contributed by atoms with E-state index in [4.69, 9.17) is 23.5 Å². The van der Waals surface area contributed by atoms with Crippen LogP contribution in [0.15, 0.2) is 156 Å². The second-order valence-corrected chi connectivity index (χ2v) is 14.4. The van der Waals surface area contributed by atoms with Crippen LogP contribution in [0.25, 0.3) is 108 Å². The van der Waals surface area contributed by atoms with Crippen molar-refractivity contribution < 1.29 is 12.6 Å². The minimum Gasteiger partial charge on any atom is -0.455 e. The maximum absolute atomic E-state index is 9.58. The molecule has 0 amide bonds. The zero-order chi connectivity index (χ0) is 38.7. The lowest BCUT2D eigenvalue weighted by molar-refractivity contribution is 0.670. The molecule has 6 heteroatoms. The van der Waals surface area contributed by atoms with Gasteiger partial charge in [-0.3, -0.25) is 0 Å². The van der Waals surface area contributed by atoms with Gasteiger partial charge in [0.05, 0.1) is 8.22 Å². The first-order valence-electron chi connectivity index (χ1n) is 19.4. The van der Waals surface area contributed by atoms with E-state index in [-0.39, 0.29) is 69.6 Å². The molecule has 0 atom stereocenters. The van der Waals surface area contributed by atoms with Gasteiger partial charge in [-0.05, 0) is 41.9 Å². The van der Waals surface area contributed by atoms with Crippen LogP contribution in [0.3, 0.4) is 0 Å². The highest BCUT2D eigenvalue weighted by atomic mass is 32.1. The predicted molar refractivity (Wildman–Crippen MR) is 215 cm³/mol. The van der Waals surface area contributed by atoms with Gasteiger partial charge in [-0.1, -0.05) is 115 Å². The maximum Gasteiger partial charge on any atom is 0.164 e. The summed E-state index contributed by atoms with van der Waals surface area (Å²) < 4.78 is 66.0. The normalized spacial score (nSPS) is 13.6. The predicted octanol–water partition coefficient (Wildman–Crippen LogP) is 13.2. The summed E-state index contributed by atoms with van der Waals surface area (Å²) in [5.41, 5.74) is 2.44. The molecule has 4 heterocycles. The Morgan fingerprint density at radius 2 is 1.18 bits per heavy atom. The van der Waals surface area contributed by atoms with E-state index < -0.39 is 0 Å². The average molecular weight is 694 g/mol. The van der Waals surface area contributed by atoms with Crippen molar-refractivity contribution in [2.24, 2.45) is 0 Å². The molecule has 11 rings (SSSR count). The number of para-hydroxylation sites is 1. The molecule has 0 spiro atoms. The first-order valence-corrected chi connectivity index (χ1v) is 18.0. The lowest BCUT2D eigenvalue weighted by Gasteiger charge is -2.09. The Bertz CT molecular complexity index is 3510. The summed E-state index contributed by atoms with van der Waals surface area (Å²) in [6.45, 7) is 0. The summed E-state index contributed by atoms with van der Waals surface area (Å²) in [7, 11) is 0. The number of fused-ring (bicyclic) bond motifs is 9. The van der Waals surface area contributed by atoms with Crippen molar-refractivity contribution in [2.45, 2.75) is 0 Å². The third-order valence-electron chi connectivity index (χ3n) is 9.26. The minimum absolute atomic E-state index is 0.0216. The van der Waals surface area contributed by atoms with Crippen molar-refractivity contribution in [2.75, 3.05) is 0 Å². The number of thiophene rings is 2. The van der Waals surface area contributed by atoms with Gasteiger partial charge in [0.1, 0.15) is 11.2 Å². The van der Waals surface area contributed by atoms with Crippen molar-refractivity contribution in [3.63, 3.8) is 0 Å². The zero-order valence-electron chi connectivity index (χ0n) is 32.5. The van der Waals surface area contributed by atoms with Gasteiger partial charge >= 0.3 is 0 Å². The highest BCUT2D eigenvalue weighted by Gasteiger charge is 2.19. The molecular weight excluding hydrogens is 663 g/mol. The van der Waals surface area contributed by atoms with Crippen molar-refractivity contribution >= 4 is 85.0 Å². The molecule has 4 aromatic heterocycles. The zero-order valence-corrected chi connectivity index (χ0v) is 28.2. The van der Waals surface area contributed by atoms with Crippen LogP contribution in [0.2, 0.25) is 0 Å². The third kappa shape index (κ3) is 4.54. The van der Waals surface area contributed by atoms with Gasteiger partial charge in [-0.15, -0.1) is 22.7 Å². The second-order valence-electron chi connectivity index (χ2n) is 12.3. The van der Waals surface area contributed by atoms with Crippen molar-refractivity contribution in [1.82, 2.24) is 15.0 Å². The Balaban J connectivity index is 1.18. The Kier molecular flexibility index (Phi) is 5.08. The Morgan fingerprint density at radius 3 is 2.06 bits per heavy atom. The van der Waals surface area contributed by atoms with Crippen LogP contribution >= 0.6 is 22.7 Å². The molecule has 0 saturated heterocycles. The van der Waals surface area contributed by atoms with Crippen molar-refractivity contribution in [3.05, 3.63) is 152 Å². The van der Waals surface area contributed by atoms with Gasteiger partial charge in [0.2, 0.25) is 0 Å². The molecule has 0 aliphatic carbocycles. The van der Waals surface area contributed by atoms with Crippen molar-refractivity contribution in [3.8, 4) is 45.3 Å². The van der Waals surface area contributed by atoms with E-state index in [1.165, 1.54) is 0 Å². The molecule has 0 bridgehead atoms. The number of hydrogen-bond donors (Lipinski definition) is 0. The smallest absolute Gasteiger partial charge is 0.164 e. The fraction of sp³-hybridized carbons (Fsp3) is 0. The van der Waals surface area contributed by atoms with Gasteiger partial charge in [0.15, 0.2) is 17.5 Å². The standard InChI is InChI=1S/C45H25N3OS2/c1-2-10-26(11-3-1)43-46-44(48-45(47-43)35-16-9-19-39-41(35)34-13-5-7-18-38(34)50-39)28-21-22-30-33-15-8-14-29(42(33)49-36(30)24-28)27-20-23-32-31-12-4-6-17-37(31)51-40(32)25-27/h1-25H/i8D,14D,15D,21D,22D,24D. The molecular formula is C45H25N3OS2. The molecule has 4 nitrogen and oxygen atoms in total. The molecule has 238 valence electrons. The molecule has 11 aromatic rings. The number of benzene rings is 7. The van der Waals surface area contributed by atoms with Crippen LogP contribution in [-0.4, -0.2) is 15.0 Å². The van der Waals surface area contributed by atoms with Crippen LogP contribution in [0.5, 0.6) is 0 Å². The van der Waals surface area contributed by atoms with Gasteiger partial charge in [-0.25, -0.2) is 15.0 Å². The average Bonchev–Trinajstić information content (AvgIpc) is 3.94. The molecule has 0 fully saturated rings. The van der Waals surface area contributed by atoms with E-state index in [1.807, 2.05) is 84.9 Å². The van der Waals surface area contributed by atoms with Gasteiger partial charge in [-0.2, -0.15) is 0 Å². The van der Waals surface area contributed by atoms with Crippen molar-refractivity contribution in [1.29, 1.82) is 0 Å². The number of furan rings is 1. The highest BCUT2D eigenvalue weighted by Crippen LogP contribution is 2.42. The summed E-state index contributed by atoms with van der Waals surface area (Å²) >= 11 is 3.30. The number of rotatable bonds is 4. The molecule has 51 heavy (non-hydrogen) atoms. The van der Waals surface area contributed by atoms with E-state index in [0.29, 0.717) is 28.3 Å². The van der Waals surface area contributed by atoms with Gasteiger partial charge < -0.3 is 4.42 Å². The molecule has 0 radical (unpaired) electrons. The molecule has 7 aromatic carbocycles. The number of nitrogens with zero attached hydrogens (tertiary/aromatic N) is 3. The van der Waals surface area contributed by atoms with Crippen LogP contribution in [-0.2, 0) is 0 Å². The summed E-state index contributed by atoms with van der Waals surface area (Å²) in [6.07, 6.45) is 0. The van der Waals surface area contributed by atoms with E-state index in [9.17, 15) is 4.11 Å². The topological polar surface area (TPSA) is 51.8 Å². The lowest BCUT2D eigenvalue weighted by Crippen LogP contribution is -2.00. The molecule has 0 unspecified atom stereocenters. The monoisotopic (exact) mass is 693 g/mol. The van der Waals surface area contributed by atoms with Crippen LogP contribution in [0.1, 0.15) is 8.22 Å². The van der Waals surface area contributed by atoms with Crippen LogP contribution in [0, 0.1) is 0 Å². The van der Waals surface area contributed by atoms with Crippen LogP contribution < -0.4 is 0 Å². The molecule has 0 aliphatic heterocycles. The molecule has 0 N–H and O–H groups in total. The highest BCUT2D eigenvalue weighted by molar-refractivity contribution is 7.26. The summed E-state index contributed by atoms with van der Waals surface area (Å²) in [4.78, 5) is 14.7. The maximum atomic E-state index is 9.58. The number of aromatic nitrogens is 3. The second kappa shape index (κ2) is 11.2. The van der Waals surface area contributed by atoms with Gasteiger partial charge in [0, 0.05) is 73.4 Å². The van der Waals surface area contributed by atoms with E-state index >= 15 is 0 Å². The third-order valence-corrected chi connectivity index (χ3v) is 11.5. The van der Waals surface area contributed by atoms with E-state index in [1.54, 1.807) is 22.7 Å². The SMILES string of the molecule is [2H]c1c([2H])c([2H])c2c(oc3c([2H])c(-c4nc(-c5ccccc5)nc(-c5cccc6sc7ccccc7c56)n4)c([2H])c([2H])c32)c1-c1ccc2c(c1)sc1ccccc12. The summed E-state index contributed by atoms with van der Waals surface area (Å²) in [5.74, 6) is 0.727. The van der Waals surface area contributed by atoms with E-state index in [2.05, 4.69) is 30.3 Å². The van der Waals surface area contributed by atoms with E-state index in [0.717, 1.165) is 45.9 Å². The van der Waals surface area contributed by atoms with Crippen LogP contribution in [0.4, 0.5) is 0 Å². The quantitative estimate of drug-likeness (QED) is 0.184. The molecule has 0 aliphatic rings. The Morgan fingerprint density at radius 1 is 0.471 bits per heavy atom. The Labute approximate surface area is 308 Å². The fourth-order valence-electron chi connectivity index (χ4n) is 6.90. The largest absolute Gasteiger partial charge is 0.455 e. The van der Waals surface area contributed by atoms with Gasteiger partial charge in [0.25, 0.3) is 0 Å². The first kappa shape index (κ1) is 23.2.